The molecule has 116 valence electrons. The minimum atomic E-state index is -0.225. The van der Waals surface area contributed by atoms with Crippen molar-refractivity contribution in [3.8, 4) is 17.3 Å². The third-order valence-corrected chi connectivity index (χ3v) is 4.35. The van der Waals surface area contributed by atoms with Crippen LogP contribution in [0.25, 0.3) is 5.69 Å². The van der Waals surface area contributed by atoms with Gasteiger partial charge in [-0.25, -0.2) is 9.36 Å². The van der Waals surface area contributed by atoms with Crippen LogP contribution >= 0.6 is 0 Å². The number of nitrogens with zero attached hydrogens (tertiary/aromatic N) is 2. The lowest BCUT2D eigenvalue weighted by molar-refractivity contribution is 0.414. The predicted molar refractivity (Wildman–Crippen MR) is 86.6 cm³/mol. The first-order valence-electron chi connectivity index (χ1n) is 7.43. The van der Waals surface area contributed by atoms with Gasteiger partial charge in [0.25, 0.3) is 0 Å². The largest absolute Gasteiger partial charge is 0.497 e. The smallest absolute Gasteiger partial charge is 0.336 e. The first-order chi connectivity index (χ1) is 11.2. The maximum atomic E-state index is 12.7. The van der Waals surface area contributed by atoms with E-state index in [-0.39, 0.29) is 11.6 Å². The van der Waals surface area contributed by atoms with Gasteiger partial charge in [-0.15, -0.1) is 0 Å². The standard InChI is InChI=1S/C18H16N2O3/c1-23-15-8-6-14(7-9-15)20-17(21)16-10-12-4-2-3-5-13(12)11-19(16)18(20)22/h2-9,21H,10-11H2,1H3. The normalized spacial score (nSPS) is 12.6. The van der Waals surface area contributed by atoms with E-state index in [0.29, 0.717) is 30.1 Å². The quantitative estimate of drug-likeness (QED) is 0.618. The molecule has 1 aliphatic rings. The molecule has 1 aromatic heterocycles. The Hall–Kier alpha value is -2.95. The second-order valence-corrected chi connectivity index (χ2v) is 5.62. The Morgan fingerprint density at radius 1 is 1.04 bits per heavy atom. The van der Waals surface area contributed by atoms with Crippen LogP contribution in [0.1, 0.15) is 16.8 Å². The minimum Gasteiger partial charge on any atom is -0.497 e. The van der Waals surface area contributed by atoms with E-state index < -0.39 is 0 Å². The van der Waals surface area contributed by atoms with Crippen molar-refractivity contribution in [3.05, 3.63) is 75.8 Å². The van der Waals surface area contributed by atoms with Crippen molar-refractivity contribution in [2.75, 3.05) is 7.11 Å². The Kier molecular flexibility index (Phi) is 3.01. The second-order valence-electron chi connectivity index (χ2n) is 5.62. The molecule has 0 radical (unpaired) electrons. The van der Waals surface area contributed by atoms with E-state index in [9.17, 15) is 9.90 Å². The van der Waals surface area contributed by atoms with E-state index in [2.05, 4.69) is 0 Å². The van der Waals surface area contributed by atoms with Crippen molar-refractivity contribution < 1.29 is 9.84 Å². The fourth-order valence-electron chi connectivity index (χ4n) is 3.11. The molecule has 0 saturated heterocycles. The number of ether oxygens (including phenoxy) is 1. The molecule has 0 bridgehead atoms. The van der Waals surface area contributed by atoms with Crippen LogP contribution in [0.2, 0.25) is 0 Å². The average molecular weight is 308 g/mol. The van der Waals surface area contributed by atoms with Gasteiger partial charge in [0.05, 0.1) is 25.0 Å². The van der Waals surface area contributed by atoms with E-state index in [0.717, 1.165) is 11.1 Å². The van der Waals surface area contributed by atoms with Gasteiger partial charge in [-0.1, -0.05) is 24.3 Å². The molecule has 4 rings (SSSR count). The minimum absolute atomic E-state index is 0.00895. The number of hydrogen-bond donors (Lipinski definition) is 1. The Balaban J connectivity index is 1.85. The third kappa shape index (κ3) is 2.04. The van der Waals surface area contributed by atoms with Gasteiger partial charge in [-0.2, -0.15) is 0 Å². The molecule has 1 aliphatic heterocycles. The summed E-state index contributed by atoms with van der Waals surface area (Å²) in [6, 6.07) is 15.1. The Bertz CT molecular complexity index is 936. The highest BCUT2D eigenvalue weighted by Gasteiger charge is 2.25. The molecule has 5 nitrogen and oxygen atoms in total. The number of aromatic nitrogens is 2. The summed E-state index contributed by atoms with van der Waals surface area (Å²) >= 11 is 0. The SMILES string of the molecule is COc1ccc(-n2c(O)c3n(c2=O)Cc2ccccc2C3)cc1. The van der Waals surface area contributed by atoms with Crippen molar-refractivity contribution in [2.45, 2.75) is 13.0 Å². The van der Waals surface area contributed by atoms with Gasteiger partial charge in [0.15, 0.2) is 0 Å². The summed E-state index contributed by atoms with van der Waals surface area (Å²) in [4.78, 5) is 12.7. The van der Waals surface area contributed by atoms with Gasteiger partial charge in [-0.3, -0.25) is 4.57 Å². The average Bonchev–Trinajstić information content (AvgIpc) is 2.84. The van der Waals surface area contributed by atoms with Crippen LogP contribution in [0.3, 0.4) is 0 Å². The maximum Gasteiger partial charge on any atom is 0.336 e. The molecule has 0 amide bonds. The second kappa shape index (κ2) is 5.05. The number of aromatic hydroxyl groups is 1. The fraction of sp³-hybridized carbons (Fsp3) is 0.167. The summed E-state index contributed by atoms with van der Waals surface area (Å²) in [6.07, 6.45) is 0.556. The number of fused-ring (bicyclic) bond motifs is 2. The zero-order valence-corrected chi connectivity index (χ0v) is 12.7. The van der Waals surface area contributed by atoms with E-state index in [4.69, 9.17) is 4.74 Å². The molecule has 5 heteroatoms. The van der Waals surface area contributed by atoms with Gasteiger partial charge in [0.2, 0.25) is 5.88 Å². The lowest BCUT2D eigenvalue weighted by Crippen LogP contribution is -2.27. The summed E-state index contributed by atoms with van der Waals surface area (Å²) < 4.78 is 8.12. The van der Waals surface area contributed by atoms with Crippen molar-refractivity contribution in [1.29, 1.82) is 0 Å². The van der Waals surface area contributed by atoms with Gasteiger partial charge < -0.3 is 9.84 Å². The summed E-state index contributed by atoms with van der Waals surface area (Å²) in [7, 11) is 1.59. The summed E-state index contributed by atoms with van der Waals surface area (Å²) in [5, 5.41) is 10.6. The van der Waals surface area contributed by atoms with Crippen molar-refractivity contribution in [2.24, 2.45) is 0 Å². The molecule has 0 saturated carbocycles. The van der Waals surface area contributed by atoms with Crippen LogP contribution < -0.4 is 10.4 Å². The van der Waals surface area contributed by atoms with Gasteiger partial charge in [-0.05, 0) is 35.4 Å². The number of methoxy groups -OCH3 is 1. The number of benzene rings is 2. The van der Waals surface area contributed by atoms with Gasteiger partial charge in [0, 0.05) is 6.42 Å². The van der Waals surface area contributed by atoms with Crippen LogP contribution in [0, 0.1) is 0 Å². The fourth-order valence-corrected chi connectivity index (χ4v) is 3.11. The van der Waals surface area contributed by atoms with Gasteiger partial charge in [0.1, 0.15) is 5.75 Å². The van der Waals surface area contributed by atoms with E-state index in [1.54, 1.807) is 35.9 Å². The Labute approximate surface area is 133 Å². The molecule has 2 aromatic carbocycles. The van der Waals surface area contributed by atoms with Crippen molar-refractivity contribution in [3.63, 3.8) is 0 Å². The molecule has 3 aromatic rings. The Morgan fingerprint density at radius 3 is 2.43 bits per heavy atom. The highest BCUT2D eigenvalue weighted by atomic mass is 16.5. The van der Waals surface area contributed by atoms with Crippen LogP contribution in [0.5, 0.6) is 11.6 Å². The zero-order valence-electron chi connectivity index (χ0n) is 12.7. The molecular formula is C18H16N2O3. The lowest BCUT2D eigenvalue weighted by Gasteiger charge is -2.17. The Morgan fingerprint density at radius 2 is 1.74 bits per heavy atom. The molecule has 0 unspecified atom stereocenters. The molecule has 23 heavy (non-hydrogen) atoms. The summed E-state index contributed by atoms with van der Waals surface area (Å²) in [5.74, 6) is 0.715. The van der Waals surface area contributed by atoms with Crippen molar-refractivity contribution >= 4 is 0 Å². The summed E-state index contributed by atoms with van der Waals surface area (Å²) in [6.45, 7) is 0.487. The first-order valence-corrected chi connectivity index (χ1v) is 7.43. The van der Waals surface area contributed by atoms with Crippen LogP contribution in [0.15, 0.2) is 53.3 Å². The van der Waals surface area contributed by atoms with E-state index in [1.165, 1.54) is 4.57 Å². The number of hydrogen-bond acceptors (Lipinski definition) is 3. The maximum absolute atomic E-state index is 12.7. The van der Waals surface area contributed by atoms with Crippen LogP contribution in [0.4, 0.5) is 0 Å². The molecule has 0 atom stereocenters. The van der Waals surface area contributed by atoms with Crippen LogP contribution in [-0.4, -0.2) is 21.4 Å². The highest BCUT2D eigenvalue weighted by molar-refractivity contribution is 5.45. The molecule has 1 N–H and O–H groups in total. The highest BCUT2D eigenvalue weighted by Crippen LogP contribution is 2.29. The number of imidazole rings is 1. The van der Waals surface area contributed by atoms with Crippen LogP contribution in [-0.2, 0) is 13.0 Å². The lowest BCUT2D eigenvalue weighted by atomic mass is 9.99. The first kappa shape index (κ1) is 13.7. The van der Waals surface area contributed by atoms with E-state index >= 15 is 0 Å². The molecule has 0 fully saturated rings. The topological polar surface area (TPSA) is 56.4 Å². The monoisotopic (exact) mass is 308 g/mol. The van der Waals surface area contributed by atoms with E-state index in [1.807, 2.05) is 24.3 Å². The third-order valence-electron chi connectivity index (χ3n) is 4.35. The van der Waals surface area contributed by atoms with Crippen molar-refractivity contribution in [1.82, 2.24) is 9.13 Å². The predicted octanol–water partition coefficient (Wildman–Crippen LogP) is 2.31. The molecular weight excluding hydrogens is 292 g/mol. The zero-order chi connectivity index (χ0) is 16.0. The number of rotatable bonds is 2. The molecule has 0 spiro atoms. The molecule has 2 heterocycles. The molecule has 0 aliphatic carbocycles. The summed E-state index contributed by atoms with van der Waals surface area (Å²) in [5.41, 5.74) is 3.32. The van der Waals surface area contributed by atoms with Gasteiger partial charge >= 0.3 is 5.69 Å².